The molecule has 0 unspecified atom stereocenters. The first-order valence-electron chi connectivity index (χ1n) is 3.81. The summed E-state index contributed by atoms with van der Waals surface area (Å²) in [5.74, 6) is -2.80. The van der Waals surface area contributed by atoms with E-state index in [0.717, 1.165) is 12.1 Å². The number of halogens is 1. The van der Waals surface area contributed by atoms with Gasteiger partial charge in [0, 0.05) is 5.02 Å². The molecule has 0 aliphatic heterocycles. The van der Waals surface area contributed by atoms with Crippen molar-refractivity contribution in [1.29, 1.82) is 0 Å². The largest absolute Gasteiger partial charge is 0.495 e. The van der Waals surface area contributed by atoms with Gasteiger partial charge in [0.1, 0.15) is 16.9 Å². The topological polar surface area (TPSA) is 83.8 Å². The van der Waals surface area contributed by atoms with Crippen molar-refractivity contribution in [2.45, 2.75) is 0 Å². The smallest absolute Gasteiger partial charge is 0.339 e. The Morgan fingerprint density at radius 1 is 1.20 bits per heavy atom. The lowest BCUT2D eigenvalue weighted by atomic mass is 10.1. The first kappa shape index (κ1) is 11.3. The van der Waals surface area contributed by atoms with Crippen molar-refractivity contribution in [3.8, 4) is 5.75 Å². The monoisotopic (exact) mass is 230 g/mol. The van der Waals surface area contributed by atoms with Crippen molar-refractivity contribution in [3.63, 3.8) is 0 Å². The van der Waals surface area contributed by atoms with Crippen molar-refractivity contribution in [3.05, 3.63) is 28.3 Å². The Kier molecular flexibility index (Phi) is 3.16. The number of benzene rings is 1. The molecule has 0 atom stereocenters. The van der Waals surface area contributed by atoms with Crippen LogP contribution in [-0.4, -0.2) is 29.3 Å². The molecule has 1 aromatic carbocycles. The molecule has 80 valence electrons. The van der Waals surface area contributed by atoms with E-state index in [-0.39, 0.29) is 21.9 Å². The van der Waals surface area contributed by atoms with E-state index in [0.29, 0.717) is 0 Å². The molecule has 0 fully saturated rings. The average Bonchev–Trinajstić information content (AvgIpc) is 2.16. The van der Waals surface area contributed by atoms with E-state index in [4.69, 9.17) is 26.6 Å². The van der Waals surface area contributed by atoms with Gasteiger partial charge in [0.25, 0.3) is 0 Å². The van der Waals surface area contributed by atoms with Crippen LogP contribution < -0.4 is 4.74 Å². The van der Waals surface area contributed by atoms with E-state index >= 15 is 0 Å². The van der Waals surface area contributed by atoms with Gasteiger partial charge >= 0.3 is 11.9 Å². The molecular formula is C9H7ClO5. The lowest BCUT2D eigenvalue weighted by Crippen LogP contribution is -2.07. The SMILES string of the molecule is COc1c(C(=O)O)cc(Cl)cc1C(=O)O. The summed E-state index contributed by atoms with van der Waals surface area (Å²) < 4.78 is 4.73. The molecular weight excluding hydrogens is 224 g/mol. The van der Waals surface area contributed by atoms with Gasteiger partial charge in [-0.3, -0.25) is 0 Å². The lowest BCUT2D eigenvalue weighted by Gasteiger charge is -2.08. The highest BCUT2D eigenvalue weighted by Gasteiger charge is 2.20. The van der Waals surface area contributed by atoms with Gasteiger partial charge in [-0.2, -0.15) is 0 Å². The minimum absolute atomic E-state index is 0.0330. The predicted octanol–water partition coefficient (Wildman–Crippen LogP) is 1.75. The third kappa shape index (κ3) is 2.19. The molecule has 15 heavy (non-hydrogen) atoms. The molecule has 0 saturated heterocycles. The van der Waals surface area contributed by atoms with E-state index in [1.165, 1.54) is 7.11 Å². The highest BCUT2D eigenvalue weighted by molar-refractivity contribution is 6.31. The summed E-state index contributed by atoms with van der Waals surface area (Å²) in [6.07, 6.45) is 0. The molecule has 1 aromatic rings. The second kappa shape index (κ2) is 4.18. The number of methoxy groups -OCH3 is 1. The molecule has 2 N–H and O–H groups in total. The first-order chi connectivity index (χ1) is 6.97. The zero-order valence-corrected chi connectivity index (χ0v) is 8.41. The van der Waals surface area contributed by atoms with Gasteiger partial charge in [0.05, 0.1) is 7.11 Å². The Bertz CT molecular complexity index is 392. The van der Waals surface area contributed by atoms with Crippen molar-refractivity contribution in [2.75, 3.05) is 7.11 Å². The zero-order valence-electron chi connectivity index (χ0n) is 7.65. The molecule has 0 heterocycles. The number of hydrogen-bond donors (Lipinski definition) is 2. The van der Waals surface area contributed by atoms with E-state index in [1.807, 2.05) is 0 Å². The fourth-order valence-corrected chi connectivity index (χ4v) is 1.35. The van der Waals surface area contributed by atoms with Crippen LogP contribution in [0.5, 0.6) is 5.75 Å². The second-order valence-electron chi connectivity index (χ2n) is 2.64. The molecule has 0 bridgehead atoms. The summed E-state index contributed by atoms with van der Waals surface area (Å²) >= 11 is 5.58. The number of carbonyl (C=O) groups is 2. The Hall–Kier alpha value is -1.75. The van der Waals surface area contributed by atoms with Crippen LogP contribution >= 0.6 is 11.6 Å². The summed E-state index contributed by atoms with van der Waals surface area (Å²) in [5, 5.41) is 17.6. The van der Waals surface area contributed by atoms with Gasteiger partial charge in [-0.05, 0) is 12.1 Å². The number of aromatic carboxylic acids is 2. The Morgan fingerprint density at radius 2 is 1.60 bits per heavy atom. The summed E-state index contributed by atoms with van der Waals surface area (Å²) in [5.41, 5.74) is -0.551. The molecule has 0 aliphatic rings. The van der Waals surface area contributed by atoms with Crippen LogP contribution in [0, 0.1) is 0 Å². The van der Waals surface area contributed by atoms with Crippen molar-refractivity contribution in [1.82, 2.24) is 0 Å². The van der Waals surface area contributed by atoms with Crippen LogP contribution in [0.25, 0.3) is 0 Å². The Morgan fingerprint density at radius 3 is 1.87 bits per heavy atom. The lowest BCUT2D eigenvalue weighted by molar-refractivity contribution is 0.0691. The maximum atomic E-state index is 10.8. The van der Waals surface area contributed by atoms with Gasteiger partial charge in [-0.25, -0.2) is 9.59 Å². The highest BCUT2D eigenvalue weighted by atomic mass is 35.5. The number of carboxylic acid groups (broad SMARTS) is 2. The third-order valence-corrected chi connectivity index (χ3v) is 1.94. The van der Waals surface area contributed by atoms with Gasteiger partial charge in [0.2, 0.25) is 0 Å². The molecule has 0 radical (unpaired) electrons. The molecule has 0 aromatic heterocycles. The molecule has 0 saturated carbocycles. The van der Waals surface area contributed by atoms with E-state index in [2.05, 4.69) is 0 Å². The van der Waals surface area contributed by atoms with Crippen LogP contribution in [0.4, 0.5) is 0 Å². The summed E-state index contributed by atoms with van der Waals surface area (Å²) in [6.45, 7) is 0. The molecule has 5 nitrogen and oxygen atoms in total. The normalized spacial score (nSPS) is 9.73. The fraction of sp³-hybridized carbons (Fsp3) is 0.111. The van der Waals surface area contributed by atoms with E-state index in [1.54, 1.807) is 0 Å². The predicted molar refractivity (Wildman–Crippen MR) is 51.9 cm³/mol. The van der Waals surface area contributed by atoms with Gasteiger partial charge in [-0.15, -0.1) is 0 Å². The molecule has 1 rings (SSSR count). The zero-order chi connectivity index (χ0) is 11.6. The summed E-state index contributed by atoms with van der Waals surface area (Å²) in [7, 11) is 1.20. The van der Waals surface area contributed by atoms with Crippen LogP contribution in [0.15, 0.2) is 12.1 Å². The molecule has 0 aliphatic carbocycles. The van der Waals surface area contributed by atoms with Gasteiger partial charge in [0.15, 0.2) is 0 Å². The van der Waals surface area contributed by atoms with Gasteiger partial charge in [-0.1, -0.05) is 11.6 Å². The first-order valence-corrected chi connectivity index (χ1v) is 4.19. The standard InChI is InChI=1S/C9H7ClO5/c1-15-7-5(8(11)12)2-4(10)3-6(7)9(13)14/h2-3H,1H3,(H,11,12)(H,13,14). The number of hydrogen-bond acceptors (Lipinski definition) is 3. The molecule has 0 spiro atoms. The van der Waals surface area contributed by atoms with E-state index in [9.17, 15) is 9.59 Å². The number of ether oxygens (including phenoxy) is 1. The summed E-state index contributed by atoms with van der Waals surface area (Å²) in [6, 6.07) is 2.27. The Balaban J connectivity index is 3.52. The minimum atomic E-state index is -1.29. The number of carboxylic acids is 2. The number of rotatable bonds is 3. The van der Waals surface area contributed by atoms with Crippen molar-refractivity contribution < 1.29 is 24.5 Å². The van der Waals surface area contributed by atoms with Crippen molar-refractivity contribution in [2.24, 2.45) is 0 Å². The minimum Gasteiger partial charge on any atom is -0.495 e. The van der Waals surface area contributed by atoms with E-state index < -0.39 is 11.9 Å². The fourth-order valence-electron chi connectivity index (χ4n) is 1.13. The quantitative estimate of drug-likeness (QED) is 0.826. The van der Waals surface area contributed by atoms with Crippen LogP contribution in [0.3, 0.4) is 0 Å². The van der Waals surface area contributed by atoms with Crippen LogP contribution in [0.2, 0.25) is 5.02 Å². The van der Waals surface area contributed by atoms with Crippen LogP contribution in [0.1, 0.15) is 20.7 Å². The third-order valence-electron chi connectivity index (χ3n) is 1.72. The average molecular weight is 231 g/mol. The Labute approximate surface area is 89.9 Å². The maximum Gasteiger partial charge on any atom is 0.339 e. The van der Waals surface area contributed by atoms with Crippen LogP contribution in [-0.2, 0) is 0 Å². The highest BCUT2D eigenvalue weighted by Crippen LogP contribution is 2.28. The maximum absolute atomic E-state index is 10.8. The molecule has 6 heteroatoms. The van der Waals surface area contributed by atoms with Gasteiger partial charge < -0.3 is 14.9 Å². The second-order valence-corrected chi connectivity index (χ2v) is 3.08. The summed E-state index contributed by atoms with van der Waals surface area (Å²) in [4.78, 5) is 21.6. The van der Waals surface area contributed by atoms with Crippen molar-refractivity contribution >= 4 is 23.5 Å². The molecule has 0 amide bonds.